The Morgan fingerprint density at radius 2 is 2.27 bits per heavy atom. The van der Waals surface area contributed by atoms with Gasteiger partial charge in [0, 0.05) is 23.8 Å². The second-order valence-corrected chi connectivity index (χ2v) is 7.14. The Hall–Kier alpha value is -1.10. The monoisotopic (exact) mass is 368 g/mol. The summed E-state index contributed by atoms with van der Waals surface area (Å²) in [5, 5.41) is 0. The van der Waals surface area contributed by atoms with Crippen LogP contribution in [0.1, 0.15) is 39.7 Å². The molecule has 1 fully saturated rings. The number of anilines is 1. The van der Waals surface area contributed by atoms with Crippen molar-refractivity contribution in [2.45, 2.75) is 40.5 Å². The first-order valence-electron chi connectivity index (χ1n) is 7.99. The molecule has 2 rings (SSSR count). The summed E-state index contributed by atoms with van der Waals surface area (Å²) in [4.78, 5) is 19.2. The Balaban J connectivity index is 2.18. The number of pyridine rings is 1. The van der Waals surface area contributed by atoms with E-state index in [1.165, 1.54) is 5.56 Å². The molecule has 0 N–H and O–H groups in total. The van der Waals surface area contributed by atoms with Gasteiger partial charge in [0.05, 0.1) is 12.0 Å². The van der Waals surface area contributed by atoms with Crippen molar-refractivity contribution in [3.05, 3.63) is 22.3 Å². The van der Waals surface area contributed by atoms with Crippen LogP contribution in [0.25, 0.3) is 0 Å². The number of ether oxygens (including phenoxy) is 1. The Kier molecular flexibility index (Phi) is 5.48. The smallest absolute Gasteiger partial charge is 0.312 e. The predicted octanol–water partition coefficient (Wildman–Crippen LogP) is 3.82. The van der Waals surface area contributed by atoms with Crippen LogP contribution in [0.3, 0.4) is 0 Å². The van der Waals surface area contributed by atoms with E-state index in [1.807, 2.05) is 20.0 Å². The Bertz CT molecular complexity index is 549. The van der Waals surface area contributed by atoms with Crippen molar-refractivity contribution in [2.24, 2.45) is 11.3 Å². The van der Waals surface area contributed by atoms with Crippen LogP contribution in [0, 0.1) is 11.3 Å². The van der Waals surface area contributed by atoms with E-state index < -0.39 is 5.41 Å². The molecule has 1 aliphatic rings. The van der Waals surface area contributed by atoms with Crippen molar-refractivity contribution in [3.8, 4) is 0 Å². The highest BCUT2D eigenvalue weighted by Crippen LogP contribution is 2.39. The van der Waals surface area contributed by atoms with Gasteiger partial charge in [-0.15, -0.1) is 0 Å². The number of carbonyl (C=O) groups is 1. The maximum Gasteiger partial charge on any atom is 0.312 e. The fourth-order valence-electron chi connectivity index (χ4n) is 3.05. The third kappa shape index (κ3) is 3.29. The summed E-state index contributed by atoms with van der Waals surface area (Å²) in [6.07, 6.45) is 3.59. The molecule has 0 bridgehead atoms. The summed E-state index contributed by atoms with van der Waals surface area (Å²) in [5.74, 6) is 1.21. The fourth-order valence-corrected chi connectivity index (χ4v) is 3.43. The lowest BCUT2D eigenvalue weighted by Crippen LogP contribution is -2.49. The average Bonchev–Trinajstić information content (AvgIpc) is 2.50. The highest BCUT2D eigenvalue weighted by Gasteiger charge is 2.44. The van der Waals surface area contributed by atoms with Gasteiger partial charge in [0.1, 0.15) is 5.82 Å². The second kappa shape index (κ2) is 6.99. The van der Waals surface area contributed by atoms with Gasteiger partial charge in [-0.2, -0.15) is 0 Å². The fraction of sp³-hybridized carbons (Fsp3) is 0.647. The zero-order valence-electron chi connectivity index (χ0n) is 13.9. The first kappa shape index (κ1) is 17.3. The van der Waals surface area contributed by atoms with Crippen molar-refractivity contribution in [1.29, 1.82) is 0 Å². The van der Waals surface area contributed by atoms with Crippen molar-refractivity contribution in [2.75, 3.05) is 24.6 Å². The third-order valence-corrected chi connectivity index (χ3v) is 5.25. The van der Waals surface area contributed by atoms with Gasteiger partial charge >= 0.3 is 5.97 Å². The molecular formula is C17H25BrN2O2. The largest absolute Gasteiger partial charge is 0.466 e. The molecule has 0 amide bonds. The number of piperidine rings is 1. The topological polar surface area (TPSA) is 42.4 Å². The molecule has 1 aliphatic heterocycles. The average molecular weight is 369 g/mol. The summed E-state index contributed by atoms with van der Waals surface area (Å²) in [5.41, 5.74) is 0.843. The van der Waals surface area contributed by atoms with Crippen molar-refractivity contribution < 1.29 is 9.53 Å². The molecule has 2 heterocycles. The van der Waals surface area contributed by atoms with Gasteiger partial charge in [0.2, 0.25) is 0 Å². The Morgan fingerprint density at radius 1 is 1.55 bits per heavy atom. The van der Waals surface area contributed by atoms with E-state index in [1.54, 1.807) is 0 Å². The van der Waals surface area contributed by atoms with E-state index in [4.69, 9.17) is 4.74 Å². The molecule has 5 heteroatoms. The zero-order chi connectivity index (χ0) is 16.3. The molecule has 1 aromatic rings. The standard InChI is InChI=1S/C17H25BrN2O2/c1-5-13-9-14(18)10-19-15(13)20-8-7-17(4,12(3)11-20)16(21)22-6-2/h9-10,12H,5-8,11H2,1-4H3. The molecule has 0 aliphatic carbocycles. The first-order chi connectivity index (χ1) is 10.4. The van der Waals surface area contributed by atoms with Crippen LogP contribution in [0.15, 0.2) is 16.7 Å². The summed E-state index contributed by atoms with van der Waals surface area (Å²) in [7, 11) is 0. The van der Waals surface area contributed by atoms with Gasteiger partial charge in [0.25, 0.3) is 0 Å². The van der Waals surface area contributed by atoms with Crippen LogP contribution < -0.4 is 4.90 Å². The number of hydrogen-bond acceptors (Lipinski definition) is 4. The summed E-state index contributed by atoms with van der Waals surface area (Å²) < 4.78 is 6.29. The lowest BCUT2D eigenvalue weighted by molar-refractivity contribution is -0.158. The van der Waals surface area contributed by atoms with Gasteiger partial charge in [-0.3, -0.25) is 4.79 Å². The highest BCUT2D eigenvalue weighted by molar-refractivity contribution is 9.10. The van der Waals surface area contributed by atoms with E-state index in [9.17, 15) is 4.79 Å². The number of nitrogens with zero attached hydrogens (tertiary/aromatic N) is 2. The predicted molar refractivity (Wildman–Crippen MR) is 92.0 cm³/mol. The van der Waals surface area contributed by atoms with Crippen molar-refractivity contribution in [1.82, 2.24) is 4.98 Å². The van der Waals surface area contributed by atoms with E-state index in [0.29, 0.717) is 6.61 Å². The minimum Gasteiger partial charge on any atom is -0.466 e. The first-order valence-corrected chi connectivity index (χ1v) is 8.78. The summed E-state index contributed by atoms with van der Waals surface area (Å²) in [6, 6.07) is 2.13. The SMILES string of the molecule is CCOC(=O)C1(C)CCN(c2ncc(Br)cc2CC)CC1C. The number of rotatable bonds is 4. The summed E-state index contributed by atoms with van der Waals surface area (Å²) in [6.45, 7) is 10.3. The summed E-state index contributed by atoms with van der Waals surface area (Å²) >= 11 is 3.49. The molecule has 2 unspecified atom stereocenters. The van der Waals surface area contributed by atoms with Gasteiger partial charge in [-0.05, 0) is 60.2 Å². The molecule has 1 saturated heterocycles. The van der Waals surface area contributed by atoms with E-state index in [2.05, 4.69) is 45.7 Å². The number of halogens is 1. The lowest BCUT2D eigenvalue weighted by atomic mass is 9.72. The van der Waals surface area contributed by atoms with Gasteiger partial charge in [-0.1, -0.05) is 13.8 Å². The third-order valence-electron chi connectivity index (χ3n) is 4.81. The molecule has 22 heavy (non-hydrogen) atoms. The Morgan fingerprint density at radius 3 is 2.86 bits per heavy atom. The van der Waals surface area contributed by atoms with Crippen LogP contribution in [-0.4, -0.2) is 30.6 Å². The van der Waals surface area contributed by atoms with Crippen LogP contribution in [0.2, 0.25) is 0 Å². The molecular weight excluding hydrogens is 344 g/mol. The zero-order valence-corrected chi connectivity index (χ0v) is 15.4. The maximum absolute atomic E-state index is 12.3. The van der Waals surface area contributed by atoms with Crippen molar-refractivity contribution >= 4 is 27.7 Å². The van der Waals surface area contributed by atoms with Gasteiger partial charge in [-0.25, -0.2) is 4.98 Å². The highest BCUT2D eigenvalue weighted by atomic mass is 79.9. The quantitative estimate of drug-likeness (QED) is 0.757. The normalized spacial score (nSPS) is 25.1. The molecule has 0 saturated carbocycles. The maximum atomic E-state index is 12.3. The molecule has 122 valence electrons. The number of carbonyl (C=O) groups excluding carboxylic acids is 1. The van der Waals surface area contributed by atoms with E-state index in [0.717, 1.165) is 36.2 Å². The van der Waals surface area contributed by atoms with Crippen molar-refractivity contribution in [3.63, 3.8) is 0 Å². The minimum atomic E-state index is -0.395. The molecule has 2 atom stereocenters. The van der Waals surface area contributed by atoms with Crippen LogP contribution >= 0.6 is 15.9 Å². The molecule has 4 nitrogen and oxygen atoms in total. The number of hydrogen-bond donors (Lipinski definition) is 0. The number of esters is 1. The Labute approximate surface area is 141 Å². The molecule has 0 aromatic carbocycles. The number of aromatic nitrogens is 1. The number of aryl methyl sites for hydroxylation is 1. The van der Waals surface area contributed by atoms with Gasteiger partial charge < -0.3 is 9.64 Å². The molecule has 0 radical (unpaired) electrons. The lowest BCUT2D eigenvalue weighted by Gasteiger charge is -2.43. The van der Waals surface area contributed by atoms with Crippen LogP contribution in [0.4, 0.5) is 5.82 Å². The minimum absolute atomic E-state index is 0.0679. The van der Waals surface area contributed by atoms with Crippen LogP contribution in [-0.2, 0) is 16.0 Å². The van der Waals surface area contributed by atoms with Gasteiger partial charge in [0.15, 0.2) is 0 Å². The second-order valence-electron chi connectivity index (χ2n) is 6.22. The molecule has 1 aromatic heterocycles. The van der Waals surface area contributed by atoms with E-state index in [-0.39, 0.29) is 11.9 Å². The van der Waals surface area contributed by atoms with E-state index >= 15 is 0 Å². The molecule has 0 spiro atoms. The van der Waals surface area contributed by atoms with Crippen LogP contribution in [0.5, 0.6) is 0 Å².